The molecule has 0 bridgehead atoms. The summed E-state index contributed by atoms with van der Waals surface area (Å²) in [5.41, 5.74) is 0.530. The van der Waals surface area contributed by atoms with Crippen LogP contribution in [0.5, 0.6) is 0 Å². The molecule has 2 nitrogen and oxygen atoms in total. The van der Waals surface area contributed by atoms with E-state index in [-0.39, 0.29) is 16.6 Å². The highest BCUT2D eigenvalue weighted by molar-refractivity contribution is 7.80. The summed E-state index contributed by atoms with van der Waals surface area (Å²) in [4.78, 5) is 14.6. The molecular formula is C15H20FNOS. The van der Waals surface area contributed by atoms with Gasteiger partial charge in [-0.3, -0.25) is 4.79 Å². The second kappa shape index (κ2) is 5.95. The Morgan fingerprint density at radius 1 is 1.47 bits per heavy atom. The maximum Gasteiger partial charge on any atom is 0.254 e. The lowest BCUT2D eigenvalue weighted by Gasteiger charge is -2.23. The first kappa shape index (κ1) is 14.4. The Hall–Kier alpha value is -1.03. The number of benzene rings is 1. The van der Waals surface area contributed by atoms with Crippen LogP contribution in [0.2, 0.25) is 0 Å². The van der Waals surface area contributed by atoms with Gasteiger partial charge in [0.05, 0.1) is 0 Å². The number of rotatable bonds is 5. The van der Waals surface area contributed by atoms with Gasteiger partial charge in [-0.25, -0.2) is 4.39 Å². The SMILES string of the molecule is CC(C)CCN(C(=O)c1ccc(F)c(S)c1)C1CC1. The van der Waals surface area contributed by atoms with Crippen molar-refractivity contribution in [3.05, 3.63) is 29.6 Å². The third-order valence-electron chi connectivity index (χ3n) is 3.39. The van der Waals surface area contributed by atoms with Crippen LogP contribution in [-0.2, 0) is 0 Å². The fourth-order valence-corrected chi connectivity index (χ4v) is 2.26. The van der Waals surface area contributed by atoms with Crippen LogP contribution in [0.25, 0.3) is 0 Å². The lowest BCUT2D eigenvalue weighted by molar-refractivity contribution is 0.0735. The first-order valence-electron chi connectivity index (χ1n) is 6.78. The van der Waals surface area contributed by atoms with Gasteiger partial charge in [0.2, 0.25) is 0 Å². The van der Waals surface area contributed by atoms with Crippen molar-refractivity contribution in [2.24, 2.45) is 5.92 Å². The zero-order chi connectivity index (χ0) is 14.0. The number of halogens is 1. The quantitative estimate of drug-likeness (QED) is 0.815. The Balaban J connectivity index is 2.12. The van der Waals surface area contributed by atoms with Crippen molar-refractivity contribution in [2.45, 2.75) is 44.0 Å². The van der Waals surface area contributed by atoms with Gasteiger partial charge in [0, 0.05) is 23.0 Å². The summed E-state index contributed by atoms with van der Waals surface area (Å²) in [6.07, 6.45) is 3.16. The summed E-state index contributed by atoms with van der Waals surface area (Å²) in [6.45, 7) is 5.08. The van der Waals surface area contributed by atoms with Gasteiger partial charge >= 0.3 is 0 Å². The van der Waals surface area contributed by atoms with Gasteiger partial charge in [0.15, 0.2) is 0 Å². The largest absolute Gasteiger partial charge is 0.336 e. The first-order chi connectivity index (χ1) is 8.99. The zero-order valence-electron chi connectivity index (χ0n) is 11.4. The third-order valence-corrected chi connectivity index (χ3v) is 3.73. The van der Waals surface area contributed by atoms with Gasteiger partial charge in [-0.05, 0) is 43.4 Å². The molecule has 1 aromatic rings. The molecule has 0 aliphatic heterocycles. The molecule has 0 aromatic heterocycles. The molecule has 4 heteroatoms. The Bertz CT molecular complexity index is 471. The molecule has 0 radical (unpaired) electrons. The second-order valence-electron chi connectivity index (χ2n) is 5.58. The van der Waals surface area contributed by atoms with E-state index in [4.69, 9.17) is 0 Å². The smallest absolute Gasteiger partial charge is 0.254 e. The fourth-order valence-electron chi connectivity index (χ4n) is 2.04. The van der Waals surface area contributed by atoms with E-state index in [9.17, 15) is 9.18 Å². The van der Waals surface area contributed by atoms with E-state index in [1.54, 1.807) is 6.07 Å². The summed E-state index contributed by atoms with van der Waals surface area (Å²) < 4.78 is 13.2. The highest BCUT2D eigenvalue weighted by atomic mass is 32.1. The molecule has 2 rings (SSSR count). The summed E-state index contributed by atoms with van der Waals surface area (Å²) in [7, 11) is 0. The maximum absolute atomic E-state index is 13.2. The number of hydrogen-bond acceptors (Lipinski definition) is 2. The molecule has 1 aliphatic carbocycles. The molecule has 0 heterocycles. The maximum atomic E-state index is 13.2. The summed E-state index contributed by atoms with van der Waals surface area (Å²) >= 11 is 4.04. The van der Waals surface area contributed by atoms with Crippen molar-refractivity contribution in [3.8, 4) is 0 Å². The molecule has 1 aliphatic rings. The minimum Gasteiger partial charge on any atom is -0.336 e. The van der Waals surface area contributed by atoms with Crippen LogP contribution >= 0.6 is 12.6 Å². The molecule has 0 spiro atoms. The standard InChI is InChI=1S/C15H20FNOS/c1-10(2)7-8-17(12-4-5-12)15(18)11-3-6-13(16)14(19)9-11/h3,6,9-10,12,19H,4-5,7-8H2,1-2H3. The number of amides is 1. The molecule has 0 saturated heterocycles. The Morgan fingerprint density at radius 2 is 2.16 bits per heavy atom. The monoisotopic (exact) mass is 281 g/mol. The minimum atomic E-state index is -0.389. The molecule has 1 aromatic carbocycles. The molecule has 0 atom stereocenters. The van der Waals surface area contributed by atoms with Crippen LogP contribution in [0, 0.1) is 11.7 Å². The summed E-state index contributed by atoms with van der Waals surface area (Å²) in [5, 5.41) is 0. The second-order valence-corrected chi connectivity index (χ2v) is 6.06. The van der Waals surface area contributed by atoms with E-state index < -0.39 is 0 Å². The topological polar surface area (TPSA) is 20.3 Å². The highest BCUT2D eigenvalue weighted by Gasteiger charge is 2.32. The number of nitrogens with zero attached hydrogens (tertiary/aromatic N) is 1. The normalized spacial score (nSPS) is 14.8. The Kier molecular flexibility index (Phi) is 4.50. The molecule has 19 heavy (non-hydrogen) atoms. The van der Waals surface area contributed by atoms with E-state index in [1.807, 2.05) is 4.90 Å². The lowest BCUT2D eigenvalue weighted by Crippen LogP contribution is -2.34. The predicted molar refractivity (Wildman–Crippen MR) is 77.2 cm³/mol. The molecule has 0 N–H and O–H groups in total. The number of carbonyl (C=O) groups is 1. The number of hydrogen-bond donors (Lipinski definition) is 1. The zero-order valence-corrected chi connectivity index (χ0v) is 12.3. The van der Waals surface area contributed by atoms with Crippen LogP contribution in [0.1, 0.15) is 43.5 Å². The van der Waals surface area contributed by atoms with E-state index in [2.05, 4.69) is 26.5 Å². The van der Waals surface area contributed by atoms with Crippen molar-refractivity contribution in [1.29, 1.82) is 0 Å². The first-order valence-corrected chi connectivity index (χ1v) is 7.23. The van der Waals surface area contributed by atoms with Gasteiger partial charge in [-0.1, -0.05) is 13.8 Å². The molecule has 1 fully saturated rings. The van der Waals surface area contributed by atoms with E-state index in [0.717, 1.165) is 25.8 Å². The molecule has 104 valence electrons. The molecule has 0 unspecified atom stereocenters. The fraction of sp³-hybridized carbons (Fsp3) is 0.533. The molecule has 1 saturated carbocycles. The highest BCUT2D eigenvalue weighted by Crippen LogP contribution is 2.29. The van der Waals surface area contributed by atoms with Crippen molar-refractivity contribution >= 4 is 18.5 Å². The van der Waals surface area contributed by atoms with Crippen LogP contribution in [-0.4, -0.2) is 23.4 Å². The van der Waals surface area contributed by atoms with Crippen molar-refractivity contribution < 1.29 is 9.18 Å². The summed E-state index contributed by atoms with van der Waals surface area (Å²) in [6, 6.07) is 4.75. The van der Waals surface area contributed by atoms with Crippen LogP contribution < -0.4 is 0 Å². The van der Waals surface area contributed by atoms with E-state index in [0.29, 0.717) is 17.5 Å². The van der Waals surface area contributed by atoms with Crippen LogP contribution in [0.4, 0.5) is 4.39 Å². The van der Waals surface area contributed by atoms with E-state index in [1.165, 1.54) is 12.1 Å². The molecular weight excluding hydrogens is 261 g/mol. The number of carbonyl (C=O) groups excluding carboxylic acids is 1. The van der Waals surface area contributed by atoms with Crippen LogP contribution in [0.15, 0.2) is 23.1 Å². The van der Waals surface area contributed by atoms with Gasteiger partial charge in [0.1, 0.15) is 5.82 Å². The van der Waals surface area contributed by atoms with Crippen LogP contribution in [0.3, 0.4) is 0 Å². The van der Waals surface area contributed by atoms with E-state index >= 15 is 0 Å². The van der Waals surface area contributed by atoms with Gasteiger partial charge in [-0.15, -0.1) is 12.6 Å². The van der Waals surface area contributed by atoms with Crippen molar-refractivity contribution in [2.75, 3.05) is 6.54 Å². The average molecular weight is 281 g/mol. The number of thiol groups is 1. The van der Waals surface area contributed by atoms with Crippen molar-refractivity contribution in [3.63, 3.8) is 0 Å². The minimum absolute atomic E-state index is 0.00144. The average Bonchev–Trinajstić information content (AvgIpc) is 3.16. The summed E-state index contributed by atoms with van der Waals surface area (Å²) in [5.74, 6) is 0.182. The van der Waals surface area contributed by atoms with Gasteiger partial charge < -0.3 is 4.90 Å². The van der Waals surface area contributed by atoms with Crippen molar-refractivity contribution in [1.82, 2.24) is 4.90 Å². The molecule has 1 amide bonds. The van der Waals surface area contributed by atoms with Gasteiger partial charge in [-0.2, -0.15) is 0 Å². The Morgan fingerprint density at radius 3 is 2.68 bits per heavy atom. The predicted octanol–water partition coefficient (Wildman–Crippen LogP) is 3.77. The van der Waals surface area contributed by atoms with Gasteiger partial charge in [0.25, 0.3) is 5.91 Å². The lowest BCUT2D eigenvalue weighted by atomic mass is 10.1. The third kappa shape index (κ3) is 3.72. The Labute approximate surface area is 119 Å².